The number of hydrogen-bond acceptors (Lipinski definition) is 7. The molecular formula is C14H14IN3O4. The fourth-order valence-electron chi connectivity index (χ4n) is 1.49. The number of ether oxygens (including phenoxy) is 1. The predicted octanol–water partition coefficient (Wildman–Crippen LogP) is 2.39. The Morgan fingerprint density at radius 3 is 2.68 bits per heavy atom. The van der Waals surface area contributed by atoms with Crippen molar-refractivity contribution in [2.45, 2.75) is 13.5 Å². The van der Waals surface area contributed by atoms with Gasteiger partial charge in [-0.2, -0.15) is 5.26 Å². The van der Waals surface area contributed by atoms with Gasteiger partial charge in [-0.3, -0.25) is 0 Å². The first-order valence-electron chi connectivity index (χ1n) is 6.15. The van der Waals surface area contributed by atoms with Gasteiger partial charge in [0.05, 0.1) is 7.11 Å². The lowest BCUT2D eigenvalue weighted by atomic mass is 10.0. The summed E-state index contributed by atoms with van der Waals surface area (Å²) >= 11 is 2.02. The van der Waals surface area contributed by atoms with Crippen molar-refractivity contribution in [1.29, 1.82) is 5.26 Å². The molecule has 0 amide bonds. The van der Waals surface area contributed by atoms with Gasteiger partial charge < -0.3 is 14.4 Å². The molecule has 0 spiro atoms. The maximum atomic E-state index is 11.9. The van der Waals surface area contributed by atoms with Crippen LogP contribution in [0.1, 0.15) is 18.1 Å². The minimum Gasteiger partial charge on any atom is -0.464 e. The standard InChI is InChI=1S/C14H14IN3O4/c1-10(15)17-22-9-11-5-3-4-6-12(11)13(14(19)20-2)18-21-8-7-16/h3-6H,8-9H2,1-2H3/b17-10+,18-13+. The molecule has 116 valence electrons. The first kappa shape index (κ1) is 17.9. The molecule has 8 heteroatoms. The fourth-order valence-corrected chi connectivity index (χ4v) is 1.63. The number of rotatable bonds is 7. The first-order valence-corrected chi connectivity index (χ1v) is 7.23. The molecule has 0 aliphatic heterocycles. The van der Waals surface area contributed by atoms with Crippen molar-refractivity contribution < 1.29 is 19.2 Å². The Hall–Kier alpha value is -2.15. The van der Waals surface area contributed by atoms with Crippen molar-refractivity contribution in [1.82, 2.24) is 0 Å². The van der Waals surface area contributed by atoms with Crippen LogP contribution in [0.2, 0.25) is 0 Å². The zero-order valence-electron chi connectivity index (χ0n) is 12.1. The van der Waals surface area contributed by atoms with E-state index in [1.807, 2.05) is 22.6 Å². The summed E-state index contributed by atoms with van der Waals surface area (Å²) in [6, 6.07) is 8.77. The number of nitriles is 1. The minimum absolute atomic E-state index is 0.0351. The Labute approximate surface area is 141 Å². The number of carbonyl (C=O) groups is 1. The quantitative estimate of drug-likeness (QED) is 0.224. The largest absolute Gasteiger partial charge is 0.464 e. The zero-order valence-corrected chi connectivity index (χ0v) is 14.2. The summed E-state index contributed by atoms with van der Waals surface area (Å²) in [7, 11) is 1.24. The van der Waals surface area contributed by atoms with E-state index in [0.717, 1.165) is 3.72 Å². The third-order valence-corrected chi connectivity index (χ3v) is 2.54. The Morgan fingerprint density at radius 2 is 2.05 bits per heavy atom. The molecule has 0 saturated heterocycles. The van der Waals surface area contributed by atoms with Gasteiger partial charge in [0.15, 0.2) is 5.71 Å². The number of hydrogen-bond donors (Lipinski definition) is 0. The Bertz CT molecular complexity index is 619. The van der Waals surface area contributed by atoms with Gasteiger partial charge in [0, 0.05) is 11.1 Å². The van der Waals surface area contributed by atoms with Crippen LogP contribution in [0.3, 0.4) is 0 Å². The van der Waals surface area contributed by atoms with Gasteiger partial charge in [-0.15, -0.1) is 0 Å². The third-order valence-electron chi connectivity index (χ3n) is 2.35. The summed E-state index contributed by atoms with van der Waals surface area (Å²) in [5.41, 5.74) is 1.15. The van der Waals surface area contributed by atoms with Crippen molar-refractivity contribution >= 4 is 38.0 Å². The molecule has 1 aromatic rings. The molecule has 0 aromatic heterocycles. The van der Waals surface area contributed by atoms with Gasteiger partial charge in [-0.1, -0.05) is 34.6 Å². The number of carbonyl (C=O) groups excluding carboxylic acids is 1. The van der Waals surface area contributed by atoms with E-state index in [-0.39, 0.29) is 18.9 Å². The van der Waals surface area contributed by atoms with Crippen LogP contribution in [-0.4, -0.2) is 29.1 Å². The van der Waals surface area contributed by atoms with E-state index in [1.54, 1.807) is 37.3 Å². The highest BCUT2D eigenvalue weighted by Crippen LogP contribution is 2.13. The third kappa shape index (κ3) is 5.69. The fraction of sp³-hybridized carbons (Fsp3) is 0.286. The van der Waals surface area contributed by atoms with E-state index in [9.17, 15) is 4.79 Å². The summed E-state index contributed by atoms with van der Waals surface area (Å²) in [5.74, 6) is -0.668. The molecule has 22 heavy (non-hydrogen) atoms. The second-order valence-electron chi connectivity index (χ2n) is 3.88. The highest BCUT2D eigenvalue weighted by Gasteiger charge is 2.19. The van der Waals surface area contributed by atoms with E-state index in [4.69, 9.17) is 19.7 Å². The predicted molar refractivity (Wildman–Crippen MR) is 88.5 cm³/mol. The molecule has 0 atom stereocenters. The normalized spacial score (nSPS) is 11.5. The van der Waals surface area contributed by atoms with Gasteiger partial charge in [0.2, 0.25) is 6.61 Å². The second-order valence-corrected chi connectivity index (χ2v) is 5.44. The lowest BCUT2D eigenvalue weighted by Gasteiger charge is -2.09. The first-order chi connectivity index (χ1) is 10.6. The van der Waals surface area contributed by atoms with E-state index in [2.05, 4.69) is 10.3 Å². The zero-order chi connectivity index (χ0) is 16.4. The lowest BCUT2D eigenvalue weighted by molar-refractivity contribution is -0.132. The van der Waals surface area contributed by atoms with Gasteiger partial charge in [-0.25, -0.2) is 4.79 Å². The molecule has 0 bridgehead atoms. The summed E-state index contributed by atoms with van der Waals surface area (Å²) < 4.78 is 5.44. The molecule has 1 aromatic carbocycles. The lowest BCUT2D eigenvalue weighted by Crippen LogP contribution is -2.19. The summed E-state index contributed by atoms with van der Waals surface area (Å²) in [6.07, 6.45) is 0. The Balaban J connectivity index is 3.08. The van der Waals surface area contributed by atoms with Crippen LogP contribution in [-0.2, 0) is 25.8 Å². The van der Waals surface area contributed by atoms with Crippen molar-refractivity contribution in [3.8, 4) is 6.07 Å². The molecule has 7 nitrogen and oxygen atoms in total. The number of esters is 1. The maximum absolute atomic E-state index is 11.9. The van der Waals surface area contributed by atoms with Gasteiger partial charge >= 0.3 is 5.97 Å². The number of benzene rings is 1. The van der Waals surface area contributed by atoms with E-state index >= 15 is 0 Å². The minimum atomic E-state index is -0.668. The number of oxime groups is 2. The van der Waals surface area contributed by atoms with Gasteiger partial charge in [-0.05, 0) is 29.5 Å². The molecule has 0 aliphatic carbocycles. The van der Waals surface area contributed by atoms with Gasteiger partial charge in [0.1, 0.15) is 16.4 Å². The summed E-state index contributed by atoms with van der Waals surface area (Å²) in [5, 5.41) is 16.0. The molecule has 0 aliphatic rings. The molecule has 0 N–H and O–H groups in total. The summed E-state index contributed by atoms with van der Waals surface area (Å²) in [4.78, 5) is 21.8. The van der Waals surface area contributed by atoms with Gasteiger partial charge in [0.25, 0.3) is 0 Å². The summed E-state index contributed by atoms with van der Waals surface area (Å²) in [6.45, 7) is 1.69. The molecule has 0 unspecified atom stereocenters. The van der Waals surface area contributed by atoms with Crippen LogP contribution in [0.15, 0.2) is 34.6 Å². The van der Waals surface area contributed by atoms with Crippen LogP contribution in [0.4, 0.5) is 0 Å². The topological polar surface area (TPSA) is 93.3 Å². The van der Waals surface area contributed by atoms with Crippen molar-refractivity contribution in [2.75, 3.05) is 13.7 Å². The Kier molecular flexibility index (Phi) is 7.91. The monoisotopic (exact) mass is 415 g/mol. The van der Waals surface area contributed by atoms with Crippen LogP contribution in [0.25, 0.3) is 0 Å². The second kappa shape index (κ2) is 9.73. The average molecular weight is 415 g/mol. The molecular weight excluding hydrogens is 401 g/mol. The SMILES string of the molecule is COC(=O)/C(=N/OCC#N)c1ccccc1CO/N=C(\C)I. The van der Waals surface area contributed by atoms with Crippen molar-refractivity contribution in [2.24, 2.45) is 10.3 Å². The van der Waals surface area contributed by atoms with Crippen LogP contribution in [0, 0.1) is 11.3 Å². The average Bonchev–Trinajstić information content (AvgIpc) is 2.51. The van der Waals surface area contributed by atoms with E-state index in [1.165, 1.54) is 7.11 Å². The molecule has 0 radical (unpaired) electrons. The highest BCUT2D eigenvalue weighted by atomic mass is 127. The number of nitrogens with zero attached hydrogens (tertiary/aromatic N) is 3. The van der Waals surface area contributed by atoms with Crippen LogP contribution < -0.4 is 0 Å². The molecule has 0 heterocycles. The highest BCUT2D eigenvalue weighted by molar-refractivity contribution is 14.1. The van der Waals surface area contributed by atoms with E-state index in [0.29, 0.717) is 11.1 Å². The van der Waals surface area contributed by atoms with Crippen LogP contribution >= 0.6 is 22.6 Å². The van der Waals surface area contributed by atoms with E-state index < -0.39 is 5.97 Å². The van der Waals surface area contributed by atoms with Crippen LogP contribution in [0.5, 0.6) is 0 Å². The van der Waals surface area contributed by atoms with Crippen molar-refractivity contribution in [3.63, 3.8) is 0 Å². The number of halogens is 1. The number of methoxy groups -OCH3 is 1. The smallest absolute Gasteiger partial charge is 0.360 e. The molecule has 0 fully saturated rings. The molecule has 1 rings (SSSR count). The molecule has 0 saturated carbocycles. The maximum Gasteiger partial charge on any atom is 0.360 e. The van der Waals surface area contributed by atoms with Crippen molar-refractivity contribution in [3.05, 3.63) is 35.4 Å². The Morgan fingerprint density at radius 1 is 1.32 bits per heavy atom.